The van der Waals surface area contributed by atoms with Gasteiger partial charge in [-0.1, -0.05) is 19.1 Å². The third-order valence-corrected chi connectivity index (χ3v) is 2.67. The second-order valence-corrected chi connectivity index (χ2v) is 4.03. The van der Waals surface area contributed by atoms with Crippen LogP contribution in [0.4, 0.5) is 0 Å². The lowest BCUT2D eigenvalue weighted by atomic mass is 9.89. The van der Waals surface area contributed by atoms with Crippen molar-refractivity contribution in [3.63, 3.8) is 0 Å². The molecule has 0 aliphatic rings. The summed E-state index contributed by atoms with van der Waals surface area (Å²) >= 11 is 0. The van der Waals surface area contributed by atoms with E-state index in [1.807, 2.05) is 6.92 Å². The van der Waals surface area contributed by atoms with Crippen LogP contribution in [0.2, 0.25) is 0 Å². The Kier molecular flexibility index (Phi) is 4.88. The summed E-state index contributed by atoms with van der Waals surface area (Å²) in [6, 6.07) is 7.09. The van der Waals surface area contributed by atoms with E-state index in [0.29, 0.717) is 6.42 Å². The highest BCUT2D eigenvalue weighted by atomic mass is 16.5. The molecule has 0 aliphatic carbocycles. The number of ketones is 2. The third-order valence-electron chi connectivity index (χ3n) is 2.67. The van der Waals surface area contributed by atoms with Gasteiger partial charge < -0.3 is 4.74 Å². The minimum Gasteiger partial charge on any atom is -0.497 e. The van der Waals surface area contributed by atoms with Crippen LogP contribution in [0.5, 0.6) is 5.75 Å². The lowest BCUT2D eigenvalue weighted by Gasteiger charge is -2.13. The van der Waals surface area contributed by atoms with Gasteiger partial charge in [-0.25, -0.2) is 0 Å². The molecule has 0 bridgehead atoms. The van der Waals surface area contributed by atoms with E-state index >= 15 is 0 Å². The maximum Gasteiger partial charge on any atom is 0.147 e. The molecule has 0 amide bonds. The molecule has 0 spiro atoms. The molecule has 0 saturated carbocycles. The van der Waals surface area contributed by atoms with E-state index in [2.05, 4.69) is 0 Å². The van der Waals surface area contributed by atoms with Crippen LogP contribution in [0.1, 0.15) is 38.2 Å². The minimum absolute atomic E-state index is 0.00910. The second-order valence-electron chi connectivity index (χ2n) is 4.03. The average Bonchev–Trinajstić information content (AvgIpc) is 2.30. The zero-order valence-corrected chi connectivity index (χ0v) is 10.5. The van der Waals surface area contributed by atoms with Gasteiger partial charge in [0.25, 0.3) is 0 Å². The molecule has 0 radical (unpaired) electrons. The highest BCUT2D eigenvalue weighted by molar-refractivity contribution is 6.06. The summed E-state index contributed by atoms with van der Waals surface area (Å²) in [5, 5.41) is 0. The van der Waals surface area contributed by atoms with Crippen molar-refractivity contribution >= 4 is 11.6 Å². The van der Waals surface area contributed by atoms with Crippen LogP contribution in [0.3, 0.4) is 0 Å². The Labute approximate surface area is 102 Å². The molecule has 17 heavy (non-hydrogen) atoms. The average molecular weight is 234 g/mol. The molecule has 0 saturated heterocycles. The molecule has 0 heterocycles. The molecule has 1 atom stereocenters. The maximum absolute atomic E-state index is 11.9. The van der Waals surface area contributed by atoms with Gasteiger partial charge in [-0.2, -0.15) is 0 Å². The molecule has 0 N–H and O–H groups in total. The zero-order chi connectivity index (χ0) is 12.8. The van der Waals surface area contributed by atoms with E-state index in [1.54, 1.807) is 31.4 Å². The van der Waals surface area contributed by atoms with E-state index in [9.17, 15) is 9.59 Å². The van der Waals surface area contributed by atoms with E-state index in [4.69, 9.17) is 4.74 Å². The number of methoxy groups -OCH3 is 1. The first-order valence-electron chi connectivity index (χ1n) is 5.77. The van der Waals surface area contributed by atoms with Crippen molar-refractivity contribution in [2.24, 2.45) is 0 Å². The first kappa shape index (κ1) is 13.4. The quantitative estimate of drug-likeness (QED) is 0.711. The van der Waals surface area contributed by atoms with Crippen molar-refractivity contribution in [1.29, 1.82) is 0 Å². The number of hydrogen-bond acceptors (Lipinski definition) is 3. The van der Waals surface area contributed by atoms with Gasteiger partial charge in [-0.3, -0.25) is 9.59 Å². The Morgan fingerprint density at radius 2 is 1.82 bits per heavy atom. The van der Waals surface area contributed by atoms with Gasteiger partial charge >= 0.3 is 0 Å². The normalized spacial score (nSPS) is 11.9. The van der Waals surface area contributed by atoms with Crippen LogP contribution in [-0.4, -0.2) is 18.7 Å². The standard InChI is InChI=1S/C14H18O3/c1-4-5-13(16)14(10(2)15)11-6-8-12(17-3)9-7-11/h6-9,14H,4-5H2,1-3H3. The predicted molar refractivity (Wildman–Crippen MR) is 66.3 cm³/mol. The monoisotopic (exact) mass is 234 g/mol. The fraction of sp³-hybridized carbons (Fsp3) is 0.429. The van der Waals surface area contributed by atoms with E-state index < -0.39 is 5.92 Å². The van der Waals surface area contributed by atoms with Gasteiger partial charge in [0.05, 0.1) is 7.11 Å². The van der Waals surface area contributed by atoms with Crippen molar-refractivity contribution < 1.29 is 14.3 Å². The van der Waals surface area contributed by atoms with Gasteiger partial charge in [0.2, 0.25) is 0 Å². The van der Waals surface area contributed by atoms with Crippen LogP contribution < -0.4 is 4.74 Å². The maximum atomic E-state index is 11.9. The van der Waals surface area contributed by atoms with Crippen LogP contribution in [0, 0.1) is 0 Å². The topological polar surface area (TPSA) is 43.4 Å². The Bertz CT molecular complexity index is 392. The fourth-order valence-electron chi connectivity index (χ4n) is 1.83. The van der Waals surface area contributed by atoms with Crippen LogP contribution in [0.15, 0.2) is 24.3 Å². The number of hydrogen-bond donors (Lipinski definition) is 0. The number of ether oxygens (including phenoxy) is 1. The summed E-state index contributed by atoms with van der Waals surface area (Å²) < 4.78 is 5.05. The van der Waals surface area contributed by atoms with Gasteiger partial charge in [0, 0.05) is 6.42 Å². The van der Waals surface area contributed by atoms with Crippen molar-refractivity contribution in [2.45, 2.75) is 32.6 Å². The van der Waals surface area contributed by atoms with Crippen LogP contribution in [-0.2, 0) is 9.59 Å². The molecule has 1 aromatic carbocycles. The van der Waals surface area contributed by atoms with Crippen LogP contribution in [0.25, 0.3) is 0 Å². The minimum atomic E-state index is -0.624. The highest BCUT2D eigenvalue weighted by Crippen LogP contribution is 2.22. The zero-order valence-electron chi connectivity index (χ0n) is 10.5. The Balaban J connectivity index is 2.97. The predicted octanol–water partition coefficient (Wildman–Crippen LogP) is 2.74. The summed E-state index contributed by atoms with van der Waals surface area (Å²) in [7, 11) is 1.58. The highest BCUT2D eigenvalue weighted by Gasteiger charge is 2.24. The fourth-order valence-corrected chi connectivity index (χ4v) is 1.83. The number of carbonyl (C=O) groups excluding carboxylic acids is 2. The smallest absolute Gasteiger partial charge is 0.147 e. The number of benzene rings is 1. The molecule has 0 aromatic heterocycles. The first-order valence-corrected chi connectivity index (χ1v) is 5.77. The number of carbonyl (C=O) groups is 2. The molecule has 1 aromatic rings. The lowest BCUT2D eigenvalue weighted by molar-refractivity contribution is -0.128. The Hall–Kier alpha value is -1.64. The van der Waals surface area contributed by atoms with E-state index in [0.717, 1.165) is 17.7 Å². The summed E-state index contributed by atoms with van der Waals surface area (Å²) in [5.41, 5.74) is 0.747. The molecule has 1 rings (SSSR count). The van der Waals surface area contributed by atoms with E-state index in [-0.39, 0.29) is 11.6 Å². The molecule has 1 unspecified atom stereocenters. The third kappa shape index (κ3) is 3.41. The number of Topliss-reactive ketones (excluding diaryl/α,β-unsaturated/α-hetero) is 2. The molecular weight excluding hydrogens is 216 g/mol. The van der Waals surface area contributed by atoms with Gasteiger partial charge in [0.15, 0.2) is 0 Å². The summed E-state index contributed by atoms with van der Waals surface area (Å²) in [4.78, 5) is 23.5. The van der Waals surface area contributed by atoms with E-state index in [1.165, 1.54) is 6.92 Å². The second kappa shape index (κ2) is 6.18. The van der Waals surface area contributed by atoms with Gasteiger partial charge in [-0.05, 0) is 31.0 Å². The Morgan fingerprint density at radius 3 is 2.24 bits per heavy atom. The summed E-state index contributed by atoms with van der Waals surface area (Å²) in [6.45, 7) is 3.39. The number of rotatable bonds is 6. The molecule has 0 fully saturated rings. The Morgan fingerprint density at radius 1 is 1.24 bits per heavy atom. The van der Waals surface area contributed by atoms with Crippen molar-refractivity contribution in [3.8, 4) is 5.75 Å². The van der Waals surface area contributed by atoms with Crippen molar-refractivity contribution in [1.82, 2.24) is 0 Å². The molecule has 3 heteroatoms. The summed E-state index contributed by atoms with van der Waals surface area (Å²) in [5.74, 6) is -0.0152. The van der Waals surface area contributed by atoms with Crippen molar-refractivity contribution in [3.05, 3.63) is 29.8 Å². The molecular formula is C14H18O3. The lowest BCUT2D eigenvalue weighted by Crippen LogP contribution is -2.19. The van der Waals surface area contributed by atoms with Crippen LogP contribution >= 0.6 is 0 Å². The van der Waals surface area contributed by atoms with Gasteiger partial charge in [-0.15, -0.1) is 0 Å². The molecule has 0 aliphatic heterocycles. The molecule has 92 valence electrons. The first-order chi connectivity index (χ1) is 8.10. The largest absolute Gasteiger partial charge is 0.497 e. The molecule has 3 nitrogen and oxygen atoms in total. The van der Waals surface area contributed by atoms with Crippen molar-refractivity contribution in [2.75, 3.05) is 7.11 Å². The summed E-state index contributed by atoms with van der Waals surface area (Å²) in [6.07, 6.45) is 1.20. The SMILES string of the molecule is CCCC(=O)C(C(C)=O)c1ccc(OC)cc1. The van der Waals surface area contributed by atoms with Gasteiger partial charge in [0.1, 0.15) is 23.2 Å².